The molecule has 0 radical (unpaired) electrons. The van der Waals surface area contributed by atoms with Crippen LogP contribution in [0, 0.1) is 17.6 Å². The fourth-order valence-corrected chi connectivity index (χ4v) is 2.30. The number of hydrogen-bond donors (Lipinski definition) is 2. The standard InChI is InChI=1S/C18H20F2N2O/c1-12(11-21)18(23)22-17(14-5-3-7-16(20)10-14)9-13-4-2-6-15(19)8-13/h2-8,10,12,17H,9,11,21H2,1H3,(H,22,23). The number of carbonyl (C=O) groups is 1. The first kappa shape index (κ1) is 17.1. The van der Waals surface area contributed by atoms with Crippen molar-refractivity contribution in [3.63, 3.8) is 0 Å². The maximum Gasteiger partial charge on any atom is 0.224 e. The molecule has 2 atom stereocenters. The van der Waals surface area contributed by atoms with Gasteiger partial charge in [0, 0.05) is 12.5 Å². The van der Waals surface area contributed by atoms with Crippen molar-refractivity contribution >= 4 is 5.91 Å². The van der Waals surface area contributed by atoms with E-state index < -0.39 is 6.04 Å². The average molecular weight is 318 g/mol. The molecule has 0 spiro atoms. The lowest BCUT2D eigenvalue weighted by Crippen LogP contribution is -2.36. The highest BCUT2D eigenvalue weighted by Crippen LogP contribution is 2.20. The van der Waals surface area contributed by atoms with Crippen LogP contribution >= 0.6 is 0 Å². The molecule has 2 rings (SSSR count). The molecule has 0 bridgehead atoms. The van der Waals surface area contributed by atoms with E-state index in [4.69, 9.17) is 5.73 Å². The molecule has 0 aliphatic rings. The summed E-state index contributed by atoms with van der Waals surface area (Å²) in [6.45, 7) is 1.95. The minimum Gasteiger partial charge on any atom is -0.349 e. The summed E-state index contributed by atoms with van der Waals surface area (Å²) in [7, 11) is 0. The van der Waals surface area contributed by atoms with Gasteiger partial charge in [0.2, 0.25) is 5.91 Å². The normalized spacial score (nSPS) is 13.4. The fourth-order valence-electron chi connectivity index (χ4n) is 2.30. The van der Waals surface area contributed by atoms with Gasteiger partial charge in [0.15, 0.2) is 0 Å². The zero-order valence-corrected chi connectivity index (χ0v) is 12.9. The highest BCUT2D eigenvalue weighted by molar-refractivity contribution is 5.79. The molecule has 0 aliphatic heterocycles. The lowest BCUT2D eigenvalue weighted by Gasteiger charge is -2.21. The lowest BCUT2D eigenvalue weighted by atomic mass is 9.97. The van der Waals surface area contributed by atoms with Crippen LogP contribution in [0.25, 0.3) is 0 Å². The van der Waals surface area contributed by atoms with E-state index in [0.29, 0.717) is 12.0 Å². The summed E-state index contributed by atoms with van der Waals surface area (Å²) < 4.78 is 26.9. The predicted molar refractivity (Wildman–Crippen MR) is 85.6 cm³/mol. The third kappa shape index (κ3) is 4.86. The third-order valence-corrected chi connectivity index (χ3v) is 3.70. The van der Waals surface area contributed by atoms with Gasteiger partial charge in [0.1, 0.15) is 11.6 Å². The SMILES string of the molecule is CC(CN)C(=O)NC(Cc1cccc(F)c1)c1cccc(F)c1. The number of rotatable bonds is 6. The first-order valence-corrected chi connectivity index (χ1v) is 7.50. The van der Waals surface area contributed by atoms with Crippen molar-refractivity contribution in [2.24, 2.45) is 11.7 Å². The third-order valence-electron chi connectivity index (χ3n) is 3.70. The van der Waals surface area contributed by atoms with Gasteiger partial charge in [-0.25, -0.2) is 8.78 Å². The molecule has 0 aliphatic carbocycles. The van der Waals surface area contributed by atoms with Crippen molar-refractivity contribution in [1.29, 1.82) is 0 Å². The highest BCUT2D eigenvalue weighted by atomic mass is 19.1. The van der Waals surface area contributed by atoms with Gasteiger partial charge in [-0.2, -0.15) is 0 Å². The molecule has 3 N–H and O–H groups in total. The van der Waals surface area contributed by atoms with Crippen LogP contribution in [0.15, 0.2) is 48.5 Å². The summed E-state index contributed by atoms with van der Waals surface area (Å²) in [6, 6.07) is 11.7. The van der Waals surface area contributed by atoms with Crippen LogP contribution in [0.3, 0.4) is 0 Å². The Morgan fingerprint density at radius 3 is 2.39 bits per heavy atom. The van der Waals surface area contributed by atoms with Crippen LogP contribution in [0.5, 0.6) is 0 Å². The summed E-state index contributed by atoms with van der Waals surface area (Å²) in [5.74, 6) is -1.29. The van der Waals surface area contributed by atoms with Crippen molar-refractivity contribution in [1.82, 2.24) is 5.32 Å². The van der Waals surface area contributed by atoms with Crippen molar-refractivity contribution in [2.75, 3.05) is 6.54 Å². The minimum absolute atomic E-state index is 0.210. The summed E-state index contributed by atoms with van der Waals surface area (Å²) >= 11 is 0. The Balaban J connectivity index is 2.25. The van der Waals surface area contributed by atoms with Gasteiger partial charge in [-0.1, -0.05) is 31.2 Å². The molecule has 0 fully saturated rings. The fraction of sp³-hybridized carbons (Fsp3) is 0.278. The Bertz CT molecular complexity index is 676. The van der Waals surface area contributed by atoms with E-state index >= 15 is 0 Å². The maximum absolute atomic E-state index is 13.5. The van der Waals surface area contributed by atoms with Gasteiger partial charge in [-0.05, 0) is 41.8 Å². The topological polar surface area (TPSA) is 55.1 Å². The zero-order valence-electron chi connectivity index (χ0n) is 12.9. The van der Waals surface area contributed by atoms with Crippen molar-refractivity contribution in [3.8, 4) is 0 Å². The monoisotopic (exact) mass is 318 g/mol. The van der Waals surface area contributed by atoms with Crippen molar-refractivity contribution in [2.45, 2.75) is 19.4 Å². The van der Waals surface area contributed by atoms with E-state index in [1.807, 2.05) is 0 Å². The number of nitrogens with two attached hydrogens (primary N) is 1. The number of hydrogen-bond acceptors (Lipinski definition) is 2. The molecule has 2 unspecified atom stereocenters. The maximum atomic E-state index is 13.5. The molecule has 122 valence electrons. The second kappa shape index (κ2) is 7.83. The van der Waals surface area contributed by atoms with Gasteiger partial charge in [0.25, 0.3) is 0 Å². The highest BCUT2D eigenvalue weighted by Gasteiger charge is 2.19. The van der Waals surface area contributed by atoms with E-state index in [1.54, 1.807) is 31.2 Å². The van der Waals surface area contributed by atoms with E-state index in [-0.39, 0.29) is 30.0 Å². The van der Waals surface area contributed by atoms with Crippen LogP contribution in [0.4, 0.5) is 8.78 Å². The quantitative estimate of drug-likeness (QED) is 0.860. The van der Waals surface area contributed by atoms with E-state index in [2.05, 4.69) is 5.32 Å². The summed E-state index contributed by atoms with van der Waals surface area (Å²) in [5, 5.41) is 2.87. The van der Waals surface area contributed by atoms with Gasteiger partial charge in [-0.15, -0.1) is 0 Å². The summed E-state index contributed by atoms with van der Waals surface area (Å²) in [5.41, 5.74) is 6.87. The number of nitrogens with one attached hydrogen (secondary N) is 1. The number of amides is 1. The molecule has 3 nitrogen and oxygen atoms in total. The van der Waals surface area contributed by atoms with Crippen molar-refractivity contribution < 1.29 is 13.6 Å². The summed E-state index contributed by atoms with van der Waals surface area (Å²) in [6.07, 6.45) is 0.365. The second-order valence-electron chi connectivity index (χ2n) is 5.59. The van der Waals surface area contributed by atoms with Crippen LogP contribution in [0.1, 0.15) is 24.1 Å². The molecule has 0 saturated carbocycles. The van der Waals surface area contributed by atoms with Gasteiger partial charge in [0.05, 0.1) is 6.04 Å². The molecule has 0 saturated heterocycles. The lowest BCUT2D eigenvalue weighted by molar-refractivity contribution is -0.125. The molecule has 1 amide bonds. The summed E-state index contributed by atoms with van der Waals surface area (Å²) in [4.78, 5) is 12.1. The molecular formula is C18H20F2N2O. The van der Waals surface area contributed by atoms with Crippen molar-refractivity contribution in [3.05, 3.63) is 71.3 Å². The average Bonchev–Trinajstić information content (AvgIpc) is 2.53. The number of benzene rings is 2. The zero-order chi connectivity index (χ0) is 16.8. The first-order valence-electron chi connectivity index (χ1n) is 7.50. The Hall–Kier alpha value is -2.27. The van der Waals surface area contributed by atoms with Crippen LogP contribution in [-0.2, 0) is 11.2 Å². The second-order valence-corrected chi connectivity index (χ2v) is 5.59. The molecule has 23 heavy (non-hydrogen) atoms. The molecule has 0 heterocycles. The molecule has 2 aromatic carbocycles. The Labute approximate surface area is 134 Å². The molecular weight excluding hydrogens is 298 g/mol. The van der Waals surface area contributed by atoms with Crippen LogP contribution in [0.2, 0.25) is 0 Å². The Morgan fingerprint density at radius 1 is 1.13 bits per heavy atom. The van der Waals surface area contributed by atoms with E-state index in [9.17, 15) is 13.6 Å². The Morgan fingerprint density at radius 2 is 1.78 bits per heavy atom. The molecule has 5 heteroatoms. The molecule has 2 aromatic rings. The van der Waals surface area contributed by atoms with Crippen LogP contribution in [-0.4, -0.2) is 12.5 Å². The van der Waals surface area contributed by atoms with Gasteiger partial charge >= 0.3 is 0 Å². The largest absolute Gasteiger partial charge is 0.349 e. The Kier molecular flexibility index (Phi) is 5.82. The number of carbonyl (C=O) groups excluding carboxylic acids is 1. The van der Waals surface area contributed by atoms with Gasteiger partial charge in [-0.3, -0.25) is 4.79 Å². The van der Waals surface area contributed by atoms with Gasteiger partial charge < -0.3 is 11.1 Å². The number of halogens is 2. The predicted octanol–water partition coefficient (Wildman–Crippen LogP) is 2.96. The minimum atomic E-state index is -0.450. The van der Waals surface area contributed by atoms with E-state index in [0.717, 1.165) is 5.56 Å². The van der Waals surface area contributed by atoms with Crippen LogP contribution < -0.4 is 11.1 Å². The molecule has 0 aromatic heterocycles. The smallest absolute Gasteiger partial charge is 0.224 e. The van der Waals surface area contributed by atoms with E-state index in [1.165, 1.54) is 24.3 Å². The first-order chi connectivity index (χ1) is 11.0.